The molecule has 0 spiro atoms. The highest BCUT2D eigenvalue weighted by molar-refractivity contribution is 7.99. The van der Waals surface area contributed by atoms with Gasteiger partial charge < -0.3 is 4.74 Å². The van der Waals surface area contributed by atoms with Crippen molar-refractivity contribution in [2.24, 2.45) is 5.92 Å². The van der Waals surface area contributed by atoms with E-state index in [1.165, 1.54) is 18.9 Å². The zero-order valence-corrected chi connectivity index (χ0v) is 15.3. The van der Waals surface area contributed by atoms with Crippen molar-refractivity contribution in [2.45, 2.75) is 43.9 Å². The second-order valence-corrected chi connectivity index (χ2v) is 7.71. The maximum Gasteiger partial charge on any atom is 0.241 e. The molecule has 26 heavy (non-hydrogen) atoms. The fourth-order valence-corrected chi connectivity index (χ4v) is 4.42. The molecule has 0 bridgehead atoms. The number of fused-ring (bicyclic) bond motifs is 1. The highest BCUT2D eigenvalue weighted by Gasteiger charge is 2.29. The highest BCUT2D eigenvalue weighted by atomic mass is 32.2. The lowest BCUT2D eigenvalue weighted by atomic mass is 10.0. The Labute approximate surface area is 155 Å². The number of nitrogens with zero attached hydrogens (tertiary/aromatic N) is 4. The first kappa shape index (κ1) is 17.3. The van der Waals surface area contributed by atoms with Crippen LogP contribution in [0.4, 0.5) is 4.39 Å². The number of para-hydroxylation sites is 1. The van der Waals surface area contributed by atoms with Gasteiger partial charge in [-0.1, -0.05) is 36.7 Å². The summed E-state index contributed by atoms with van der Waals surface area (Å²) < 4.78 is 21.1. The Kier molecular flexibility index (Phi) is 5.10. The summed E-state index contributed by atoms with van der Waals surface area (Å²) in [6, 6.07) is 6.24. The topological polar surface area (TPSA) is 60.3 Å². The lowest BCUT2D eigenvalue weighted by Gasteiger charge is -2.30. The van der Waals surface area contributed by atoms with Crippen LogP contribution in [0.1, 0.15) is 37.9 Å². The first-order valence-corrected chi connectivity index (χ1v) is 9.96. The largest absolute Gasteiger partial charge is 0.482 e. The highest BCUT2D eigenvalue weighted by Crippen LogP contribution is 2.29. The van der Waals surface area contributed by atoms with E-state index in [1.54, 1.807) is 39.6 Å². The molecule has 8 heteroatoms. The predicted octanol–water partition coefficient (Wildman–Crippen LogP) is 3.15. The molecule has 0 saturated heterocycles. The number of rotatable bonds is 5. The summed E-state index contributed by atoms with van der Waals surface area (Å²) in [4.78, 5) is 12.8. The molecule has 1 aliphatic heterocycles. The number of halogens is 1. The van der Waals surface area contributed by atoms with Crippen LogP contribution in [0, 0.1) is 11.7 Å². The molecule has 0 N–H and O–H groups in total. The number of hydrogen-bond donors (Lipinski definition) is 0. The summed E-state index contributed by atoms with van der Waals surface area (Å²) in [5.41, 5.74) is 0. The quantitative estimate of drug-likeness (QED) is 0.802. The van der Waals surface area contributed by atoms with Crippen LogP contribution >= 0.6 is 11.8 Å². The molecule has 1 aliphatic carbocycles. The summed E-state index contributed by atoms with van der Waals surface area (Å²) in [5, 5.41) is 10.7. The van der Waals surface area contributed by atoms with Gasteiger partial charge in [0, 0.05) is 12.2 Å². The molecule has 1 aromatic carbocycles. The minimum Gasteiger partial charge on any atom is -0.482 e. The molecule has 6 nitrogen and oxygen atoms in total. The van der Waals surface area contributed by atoms with Crippen molar-refractivity contribution in [3.8, 4) is 5.75 Å². The van der Waals surface area contributed by atoms with Crippen molar-refractivity contribution in [3.63, 3.8) is 0 Å². The fourth-order valence-electron chi connectivity index (χ4n) is 3.55. The van der Waals surface area contributed by atoms with E-state index in [9.17, 15) is 9.18 Å². The average molecular weight is 376 g/mol. The first-order valence-electron chi connectivity index (χ1n) is 8.97. The molecule has 1 amide bonds. The van der Waals surface area contributed by atoms with Gasteiger partial charge >= 0.3 is 0 Å². The van der Waals surface area contributed by atoms with Gasteiger partial charge in [0.05, 0.1) is 6.54 Å². The number of amides is 1. The van der Waals surface area contributed by atoms with Gasteiger partial charge in [-0.05, 0) is 30.9 Å². The van der Waals surface area contributed by atoms with Gasteiger partial charge in [-0.3, -0.25) is 4.79 Å². The monoisotopic (exact) mass is 376 g/mol. The first-order chi connectivity index (χ1) is 12.7. The van der Waals surface area contributed by atoms with E-state index in [1.807, 2.05) is 0 Å². The van der Waals surface area contributed by atoms with Gasteiger partial charge in [0.15, 0.2) is 17.4 Å². The Hall–Kier alpha value is -2.09. The number of thioether (sulfide) groups is 1. The van der Waals surface area contributed by atoms with Crippen LogP contribution in [0.5, 0.6) is 5.75 Å². The van der Waals surface area contributed by atoms with Gasteiger partial charge in [-0.2, -0.15) is 0 Å². The third-order valence-corrected chi connectivity index (χ3v) is 5.77. The maximum absolute atomic E-state index is 13.8. The smallest absolute Gasteiger partial charge is 0.241 e. The zero-order valence-electron chi connectivity index (χ0n) is 14.4. The molecule has 0 atom stereocenters. The van der Waals surface area contributed by atoms with E-state index < -0.39 is 5.82 Å². The molecule has 2 heterocycles. The van der Waals surface area contributed by atoms with E-state index in [0.29, 0.717) is 29.9 Å². The maximum atomic E-state index is 13.8. The number of ether oxygens (including phenoxy) is 1. The molecule has 0 radical (unpaired) electrons. The molecule has 138 valence electrons. The Morgan fingerprint density at radius 2 is 2.08 bits per heavy atom. The molecule has 4 rings (SSSR count). The second kappa shape index (κ2) is 7.65. The lowest BCUT2D eigenvalue weighted by molar-refractivity contribution is -0.121. The molecule has 1 fully saturated rings. The van der Waals surface area contributed by atoms with Crippen molar-refractivity contribution in [1.82, 2.24) is 14.9 Å². The predicted molar refractivity (Wildman–Crippen MR) is 96.1 cm³/mol. The van der Waals surface area contributed by atoms with Crippen molar-refractivity contribution >= 4 is 17.7 Å². The van der Waals surface area contributed by atoms with Gasteiger partial charge in [0.1, 0.15) is 6.61 Å². The van der Waals surface area contributed by atoms with E-state index in [0.717, 1.165) is 18.6 Å². The van der Waals surface area contributed by atoms with Gasteiger partial charge in [-0.15, -0.1) is 10.2 Å². The average Bonchev–Trinajstić information content (AvgIpc) is 3.30. The van der Waals surface area contributed by atoms with Crippen molar-refractivity contribution in [2.75, 3.05) is 17.3 Å². The summed E-state index contributed by atoms with van der Waals surface area (Å²) in [7, 11) is 0. The minimum atomic E-state index is -0.422. The number of carbonyl (C=O) groups is 1. The van der Waals surface area contributed by atoms with E-state index >= 15 is 0 Å². The van der Waals surface area contributed by atoms with Crippen LogP contribution in [0.3, 0.4) is 0 Å². The van der Waals surface area contributed by atoms with Crippen LogP contribution in [0.2, 0.25) is 0 Å². The van der Waals surface area contributed by atoms with Gasteiger partial charge in [0.2, 0.25) is 11.1 Å². The Morgan fingerprint density at radius 3 is 2.88 bits per heavy atom. The van der Waals surface area contributed by atoms with E-state index in [-0.39, 0.29) is 18.3 Å². The second-order valence-electron chi connectivity index (χ2n) is 6.65. The summed E-state index contributed by atoms with van der Waals surface area (Å²) >= 11 is 1.56. The van der Waals surface area contributed by atoms with Crippen molar-refractivity contribution in [3.05, 3.63) is 35.9 Å². The molecule has 1 aromatic heterocycles. The lowest BCUT2D eigenvalue weighted by Crippen LogP contribution is -2.46. The summed E-state index contributed by atoms with van der Waals surface area (Å²) in [5.74, 6) is 1.63. The molecule has 2 aliphatic rings. The van der Waals surface area contributed by atoms with Crippen LogP contribution in [-0.4, -0.2) is 33.1 Å². The molecule has 2 aromatic rings. The van der Waals surface area contributed by atoms with Crippen molar-refractivity contribution in [1.29, 1.82) is 0 Å². The number of benzene rings is 1. The van der Waals surface area contributed by atoms with Crippen LogP contribution in [0.15, 0.2) is 29.4 Å². The molecule has 0 unspecified atom stereocenters. The number of carbonyl (C=O) groups excluding carboxylic acids is 1. The minimum absolute atomic E-state index is 0.0572. The van der Waals surface area contributed by atoms with Gasteiger partial charge in [0.25, 0.3) is 0 Å². The van der Waals surface area contributed by atoms with Crippen LogP contribution < -0.4 is 9.75 Å². The van der Waals surface area contributed by atoms with Crippen LogP contribution in [-0.2, 0) is 11.4 Å². The standard InChI is InChI=1S/C18H21FN4O2S/c19-14-7-3-4-8-15(14)25-12-16-20-21-18-23(16)22(9-10-26-18)17(24)11-13-5-1-2-6-13/h3-4,7-8,13H,1-2,5-6,9-12H2. The SMILES string of the molecule is O=C(CC1CCCC1)N1CCSc2nnc(COc3ccccc3F)n21. The van der Waals surface area contributed by atoms with Crippen molar-refractivity contribution < 1.29 is 13.9 Å². The third-order valence-electron chi connectivity index (χ3n) is 4.87. The van der Waals surface area contributed by atoms with Gasteiger partial charge in [-0.25, -0.2) is 14.1 Å². The van der Waals surface area contributed by atoms with E-state index in [2.05, 4.69) is 10.2 Å². The summed E-state index contributed by atoms with van der Waals surface area (Å²) in [6.45, 7) is 0.676. The number of hydrogen-bond acceptors (Lipinski definition) is 5. The Morgan fingerprint density at radius 1 is 1.27 bits per heavy atom. The fraction of sp³-hybridized carbons (Fsp3) is 0.500. The number of aromatic nitrogens is 3. The molecular weight excluding hydrogens is 355 g/mol. The molecule has 1 saturated carbocycles. The Bertz CT molecular complexity index is 791. The Balaban J connectivity index is 1.50. The summed E-state index contributed by atoms with van der Waals surface area (Å²) in [6.07, 6.45) is 5.26. The van der Waals surface area contributed by atoms with Crippen LogP contribution in [0.25, 0.3) is 0 Å². The molecular formula is C18H21FN4O2S. The van der Waals surface area contributed by atoms with E-state index in [4.69, 9.17) is 4.74 Å². The normalized spacial score (nSPS) is 17.3. The zero-order chi connectivity index (χ0) is 17.9. The third kappa shape index (κ3) is 3.56.